The van der Waals surface area contributed by atoms with Crippen molar-refractivity contribution in [3.05, 3.63) is 46.8 Å². The Labute approximate surface area is 147 Å². The lowest BCUT2D eigenvalue weighted by molar-refractivity contribution is -0.137. The maximum Gasteiger partial charge on any atom is 0.305 e. The van der Waals surface area contributed by atoms with E-state index in [4.69, 9.17) is 5.11 Å². The number of carbonyl (C=O) groups excluding carboxylic acids is 1. The van der Waals surface area contributed by atoms with Crippen LogP contribution >= 0.6 is 0 Å². The quantitative estimate of drug-likeness (QED) is 0.928. The molecule has 0 saturated carbocycles. The van der Waals surface area contributed by atoms with Crippen molar-refractivity contribution in [3.8, 4) is 5.69 Å². The normalized spacial score (nSPS) is 17.1. The van der Waals surface area contributed by atoms with Crippen LogP contribution in [0.3, 0.4) is 0 Å². The van der Waals surface area contributed by atoms with E-state index in [1.807, 2.05) is 32.9 Å². The molecule has 1 unspecified atom stereocenters. The molecule has 2 heterocycles. The van der Waals surface area contributed by atoms with Gasteiger partial charge in [0.25, 0.3) is 5.91 Å². The molecule has 6 heteroatoms. The number of carboxylic acid groups (broad SMARTS) is 1. The molecule has 1 N–H and O–H groups in total. The summed E-state index contributed by atoms with van der Waals surface area (Å²) in [6, 6.07) is 7.69. The van der Waals surface area contributed by atoms with Gasteiger partial charge in [0.1, 0.15) is 0 Å². The van der Waals surface area contributed by atoms with E-state index in [0.717, 1.165) is 35.3 Å². The SMILES string of the molecule is Cc1cc(C)cc(-n2nc(C(=O)N3CCCC3CC(=O)O)cc2C)c1. The molecule has 1 aromatic carbocycles. The van der Waals surface area contributed by atoms with Gasteiger partial charge in [0, 0.05) is 18.3 Å². The number of aliphatic carboxylic acids is 1. The minimum atomic E-state index is -0.873. The zero-order chi connectivity index (χ0) is 18.1. The van der Waals surface area contributed by atoms with Crippen LogP contribution in [-0.4, -0.2) is 44.3 Å². The molecule has 0 spiro atoms. The summed E-state index contributed by atoms with van der Waals surface area (Å²) in [5, 5.41) is 13.5. The van der Waals surface area contributed by atoms with E-state index in [1.165, 1.54) is 0 Å². The van der Waals surface area contributed by atoms with Gasteiger partial charge in [-0.05, 0) is 62.9 Å². The van der Waals surface area contributed by atoms with Crippen LogP contribution in [-0.2, 0) is 4.79 Å². The summed E-state index contributed by atoms with van der Waals surface area (Å²) >= 11 is 0. The average molecular weight is 341 g/mol. The zero-order valence-electron chi connectivity index (χ0n) is 14.8. The molecular formula is C19H23N3O3. The van der Waals surface area contributed by atoms with Crippen LogP contribution < -0.4 is 0 Å². The van der Waals surface area contributed by atoms with Crippen molar-refractivity contribution < 1.29 is 14.7 Å². The van der Waals surface area contributed by atoms with Crippen LogP contribution in [0.2, 0.25) is 0 Å². The summed E-state index contributed by atoms with van der Waals surface area (Å²) in [5.41, 5.74) is 4.45. The van der Waals surface area contributed by atoms with Crippen molar-refractivity contribution in [2.24, 2.45) is 0 Å². The largest absolute Gasteiger partial charge is 0.481 e. The number of benzene rings is 1. The molecule has 0 bridgehead atoms. The minimum Gasteiger partial charge on any atom is -0.481 e. The number of likely N-dealkylation sites (tertiary alicyclic amines) is 1. The number of carbonyl (C=O) groups is 2. The molecule has 1 aliphatic heterocycles. The maximum absolute atomic E-state index is 12.8. The molecule has 1 saturated heterocycles. The van der Waals surface area contributed by atoms with Crippen molar-refractivity contribution >= 4 is 11.9 Å². The van der Waals surface area contributed by atoms with Crippen LogP contribution in [0, 0.1) is 20.8 Å². The minimum absolute atomic E-state index is 0.0114. The highest BCUT2D eigenvalue weighted by Gasteiger charge is 2.32. The van der Waals surface area contributed by atoms with Gasteiger partial charge >= 0.3 is 5.97 Å². The first-order valence-corrected chi connectivity index (χ1v) is 8.53. The van der Waals surface area contributed by atoms with Crippen LogP contribution in [0.5, 0.6) is 0 Å². The Morgan fingerprint density at radius 3 is 2.48 bits per heavy atom. The zero-order valence-corrected chi connectivity index (χ0v) is 14.8. The lowest BCUT2D eigenvalue weighted by Crippen LogP contribution is -2.37. The monoisotopic (exact) mass is 341 g/mol. The fourth-order valence-corrected chi connectivity index (χ4v) is 3.58. The summed E-state index contributed by atoms with van der Waals surface area (Å²) in [7, 11) is 0. The Hall–Kier alpha value is -2.63. The number of aryl methyl sites for hydroxylation is 3. The molecule has 132 valence electrons. The summed E-state index contributed by atoms with van der Waals surface area (Å²) in [5.74, 6) is -1.06. The van der Waals surface area contributed by atoms with Gasteiger partial charge in [-0.2, -0.15) is 5.10 Å². The Bertz CT molecular complexity index is 805. The summed E-state index contributed by atoms with van der Waals surface area (Å²) in [6.07, 6.45) is 1.55. The second-order valence-electron chi connectivity index (χ2n) is 6.82. The van der Waals surface area contributed by atoms with Crippen molar-refractivity contribution in [1.82, 2.24) is 14.7 Å². The van der Waals surface area contributed by atoms with Gasteiger partial charge in [-0.1, -0.05) is 6.07 Å². The topological polar surface area (TPSA) is 75.4 Å². The van der Waals surface area contributed by atoms with E-state index in [1.54, 1.807) is 15.6 Å². The number of carboxylic acids is 1. The molecule has 1 atom stereocenters. The van der Waals surface area contributed by atoms with Crippen LogP contribution in [0.25, 0.3) is 5.69 Å². The summed E-state index contributed by atoms with van der Waals surface area (Å²) < 4.78 is 1.77. The van der Waals surface area contributed by atoms with Crippen LogP contribution in [0.4, 0.5) is 0 Å². The van der Waals surface area contributed by atoms with E-state index in [0.29, 0.717) is 12.2 Å². The molecule has 0 aliphatic carbocycles. The molecule has 1 aliphatic rings. The molecule has 25 heavy (non-hydrogen) atoms. The molecule has 1 aromatic heterocycles. The van der Waals surface area contributed by atoms with Gasteiger partial charge in [-0.25, -0.2) is 4.68 Å². The Kier molecular flexibility index (Phi) is 4.61. The van der Waals surface area contributed by atoms with Crippen molar-refractivity contribution in [1.29, 1.82) is 0 Å². The Balaban J connectivity index is 1.89. The standard InChI is InChI=1S/C19H23N3O3/c1-12-7-13(2)9-16(8-12)22-14(3)10-17(20-22)19(25)21-6-4-5-15(21)11-18(23)24/h7-10,15H,4-6,11H2,1-3H3,(H,23,24). The van der Waals surface area contributed by atoms with E-state index < -0.39 is 5.97 Å². The van der Waals surface area contributed by atoms with Crippen molar-refractivity contribution in [2.45, 2.75) is 46.1 Å². The van der Waals surface area contributed by atoms with E-state index in [2.05, 4.69) is 11.2 Å². The fraction of sp³-hybridized carbons (Fsp3) is 0.421. The Morgan fingerprint density at radius 1 is 1.16 bits per heavy atom. The van der Waals surface area contributed by atoms with Crippen LogP contribution in [0.1, 0.15) is 46.6 Å². The molecular weight excluding hydrogens is 318 g/mol. The second-order valence-corrected chi connectivity index (χ2v) is 6.82. The molecule has 0 radical (unpaired) electrons. The van der Waals surface area contributed by atoms with Gasteiger partial charge in [-0.3, -0.25) is 9.59 Å². The van der Waals surface area contributed by atoms with Gasteiger partial charge in [0.05, 0.1) is 12.1 Å². The van der Waals surface area contributed by atoms with E-state index in [9.17, 15) is 9.59 Å². The highest BCUT2D eigenvalue weighted by molar-refractivity contribution is 5.93. The highest BCUT2D eigenvalue weighted by atomic mass is 16.4. The lowest BCUT2D eigenvalue weighted by Gasteiger charge is -2.22. The third-order valence-electron chi connectivity index (χ3n) is 4.61. The number of hydrogen-bond acceptors (Lipinski definition) is 3. The third kappa shape index (κ3) is 3.57. The van der Waals surface area contributed by atoms with Crippen molar-refractivity contribution in [3.63, 3.8) is 0 Å². The van der Waals surface area contributed by atoms with Gasteiger partial charge in [-0.15, -0.1) is 0 Å². The Morgan fingerprint density at radius 2 is 1.84 bits per heavy atom. The third-order valence-corrected chi connectivity index (χ3v) is 4.61. The first kappa shape index (κ1) is 17.2. The number of hydrogen-bond donors (Lipinski definition) is 1. The smallest absolute Gasteiger partial charge is 0.305 e. The fourth-order valence-electron chi connectivity index (χ4n) is 3.58. The van der Waals surface area contributed by atoms with Gasteiger partial charge in [0.15, 0.2) is 5.69 Å². The summed E-state index contributed by atoms with van der Waals surface area (Å²) in [4.78, 5) is 25.5. The van der Waals surface area contributed by atoms with E-state index >= 15 is 0 Å². The molecule has 2 aromatic rings. The van der Waals surface area contributed by atoms with Crippen LogP contribution in [0.15, 0.2) is 24.3 Å². The summed E-state index contributed by atoms with van der Waals surface area (Å²) in [6.45, 7) is 6.57. The predicted octanol–water partition coefficient (Wildman–Crippen LogP) is 2.88. The second kappa shape index (κ2) is 6.70. The maximum atomic E-state index is 12.8. The predicted molar refractivity (Wildman–Crippen MR) is 94.1 cm³/mol. The molecule has 1 amide bonds. The van der Waals surface area contributed by atoms with Crippen molar-refractivity contribution in [2.75, 3.05) is 6.54 Å². The van der Waals surface area contributed by atoms with Gasteiger partial charge in [0.2, 0.25) is 0 Å². The number of rotatable bonds is 4. The van der Waals surface area contributed by atoms with Gasteiger partial charge < -0.3 is 10.0 Å². The first-order valence-electron chi connectivity index (χ1n) is 8.53. The number of amides is 1. The molecule has 1 fully saturated rings. The van der Waals surface area contributed by atoms with E-state index in [-0.39, 0.29) is 18.4 Å². The molecule has 6 nitrogen and oxygen atoms in total. The average Bonchev–Trinajstić information content (AvgIpc) is 3.11. The first-order chi connectivity index (χ1) is 11.8. The molecule has 3 rings (SSSR count). The number of aromatic nitrogens is 2. The highest BCUT2D eigenvalue weighted by Crippen LogP contribution is 2.23. The number of nitrogens with zero attached hydrogens (tertiary/aromatic N) is 3. The lowest BCUT2D eigenvalue weighted by atomic mass is 10.1.